The first-order chi connectivity index (χ1) is 22.3. The molecule has 240 valence electrons. The summed E-state index contributed by atoms with van der Waals surface area (Å²) in [6.07, 6.45) is 19.5. The van der Waals surface area contributed by atoms with Crippen molar-refractivity contribution in [3.63, 3.8) is 0 Å². The lowest BCUT2D eigenvalue weighted by molar-refractivity contribution is -0.124. The zero-order valence-corrected chi connectivity index (χ0v) is 27.3. The molecule has 1 fully saturated rings. The molecule has 4 N–H and O–H groups in total. The molecule has 0 spiro atoms. The summed E-state index contributed by atoms with van der Waals surface area (Å²) in [7, 11) is 0. The van der Waals surface area contributed by atoms with E-state index in [-0.39, 0.29) is 12.5 Å². The number of fused-ring (bicyclic) bond motifs is 1. The standard InChI is InChI=1S/C39H46N4O3/c1-6-8-12-35(43-38(45)39(19-20-39)30(5)42-33-15-13-28(3)14-16-33)29(4)18-25-46-37-17-22-41-36-27-32(31(7-2)26-34(36)37)11-9-10-21-40-23-24-44/h1,8,12-18,22,25-27,40,42,44H,5,7,9-11,19-21,23-24H2,2-4H3,(H,43,45)/b12-8-,25-18+,35-29+. The van der Waals surface area contributed by atoms with E-state index in [1.165, 1.54) is 16.7 Å². The van der Waals surface area contributed by atoms with Crippen LogP contribution in [0.25, 0.3) is 10.9 Å². The largest absolute Gasteiger partial charge is 0.464 e. The fourth-order valence-electron chi connectivity index (χ4n) is 5.36. The van der Waals surface area contributed by atoms with E-state index in [1.54, 1.807) is 24.6 Å². The van der Waals surface area contributed by atoms with Crippen LogP contribution < -0.4 is 20.7 Å². The molecule has 1 saturated carbocycles. The van der Waals surface area contributed by atoms with Crippen LogP contribution in [-0.4, -0.2) is 35.7 Å². The Morgan fingerprint density at radius 3 is 2.61 bits per heavy atom. The van der Waals surface area contributed by atoms with Crippen LogP contribution in [-0.2, 0) is 17.6 Å². The summed E-state index contributed by atoms with van der Waals surface area (Å²) >= 11 is 0. The Labute approximate surface area is 273 Å². The molecule has 2 aromatic carbocycles. The number of amides is 1. The van der Waals surface area contributed by atoms with Crippen molar-refractivity contribution in [2.45, 2.75) is 59.3 Å². The Bertz CT molecular complexity index is 1660. The van der Waals surface area contributed by atoms with Crippen molar-refractivity contribution in [2.75, 3.05) is 25.0 Å². The summed E-state index contributed by atoms with van der Waals surface area (Å²) in [5, 5.41) is 19.5. The number of benzene rings is 2. The van der Waals surface area contributed by atoms with E-state index in [0.29, 0.717) is 23.7 Å². The number of nitrogens with one attached hydrogen (secondary N) is 3. The fourth-order valence-corrected chi connectivity index (χ4v) is 5.36. The lowest BCUT2D eigenvalue weighted by atomic mass is 9.97. The van der Waals surface area contributed by atoms with Gasteiger partial charge in [0.2, 0.25) is 5.91 Å². The molecule has 1 aliphatic rings. The minimum atomic E-state index is -0.677. The molecular formula is C39H46N4O3. The number of unbranched alkanes of at least 4 members (excludes halogenated alkanes) is 1. The van der Waals surface area contributed by atoms with Gasteiger partial charge in [-0.05, 0) is 124 Å². The molecule has 0 unspecified atom stereocenters. The van der Waals surface area contributed by atoms with Crippen molar-refractivity contribution >= 4 is 22.5 Å². The first-order valence-electron chi connectivity index (χ1n) is 16.0. The maximum absolute atomic E-state index is 13.5. The normalized spacial score (nSPS) is 14.2. The van der Waals surface area contributed by atoms with Gasteiger partial charge in [0.25, 0.3) is 0 Å². The number of terminal acetylenes is 1. The molecule has 1 amide bonds. The number of allylic oxidation sites excluding steroid dienone is 4. The number of pyridine rings is 1. The number of aliphatic hydroxyl groups excluding tert-OH is 1. The highest BCUT2D eigenvalue weighted by Gasteiger charge is 2.52. The number of hydrogen-bond donors (Lipinski definition) is 4. The second kappa shape index (κ2) is 16.6. The molecule has 1 aromatic heterocycles. The highest BCUT2D eigenvalue weighted by molar-refractivity contribution is 5.91. The number of aliphatic hydroxyl groups is 1. The van der Waals surface area contributed by atoms with E-state index in [0.717, 1.165) is 67.2 Å². The maximum atomic E-state index is 13.5. The summed E-state index contributed by atoms with van der Waals surface area (Å²) in [6.45, 7) is 12.0. The Hall–Kier alpha value is -4.64. The van der Waals surface area contributed by atoms with Crippen LogP contribution in [0.15, 0.2) is 96.7 Å². The molecule has 1 aliphatic carbocycles. The molecule has 46 heavy (non-hydrogen) atoms. The van der Waals surface area contributed by atoms with Gasteiger partial charge in [0, 0.05) is 35.2 Å². The number of aryl methyl sites for hydroxylation is 3. The van der Waals surface area contributed by atoms with Gasteiger partial charge in [-0.3, -0.25) is 9.78 Å². The Morgan fingerprint density at radius 2 is 1.91 bits per heavy atom. The number of ether oxygens (including phenoxy) is 1. The van der Waals surface area contributed by atoms with Crippen molar-refractivity contribution in [2.24, 2.45) is 5.41 Å². The average Bonchev–Trinajstić information content (AvgIpc) is 3.88. The van der Waals surface area contributed by atoms with E-state index in [1.807, 2.05) is 50.3 Å². The summed E-state index contributed by atoms with van der Waals surface area (Å²) in [5.74, 6) is 3.10. The fraction of sp³-hybridized carbons (Fsp3) is 0.333. The molecular weight excluding hydrogens is 572 g/mol. The smallest absolute Gasteiger partial charge is 0.236 e. The van der Waals surface area contributed by atoms with Gasteiger partial charge < -0.3 is 25.8 Å². The van der Waals surface area contributed by atoms with Crippen molar-refractivity contribution in [1.29, 1.82) is 0 Å². The molecule has 0 saturated heterocycles. The molecule has 0 aliphatic heterocycles. The predicted molar refractivity (Wildman–Crippen MR) is 188 cm³/mol. The van der Waals surface area contributed by atoms with E-state index >= 15 is 0 Å². The maximum Gasteiger partial charge on any atom is 0.236 e. The van der Waals surface area contributed by atoms with E-state index in [2.05, 4.69) is 52.5 Å². The predicted octanol–water partition coefficient (Wildman–Crippen LogP) is 6.89. The molecule has 0 bridgehead atoms. The first kappa shape index (κ1) is 34.2. The first-order valence-corrected chi connectivity index (χ1v) is 16.0. The van der Waals surface area contributed by atoms with Crippen LogP contribution in [0.4, 0.5) is 5.69 Å². The van der Waals surface area contributed by atoms with Gasteiger partial charge in [-0.25, -0.2) is 0 Å². The number of carbonyl (C=O) groups is 1. The highest BCUT2D eigenvalue weighted by Crippen LogP contribution is 2.51. The Balaban J connectivity index is 1.46. The van der Waals surface area contributed by atoms with Crippen LogP contribution in [0, 0.1) is 24.7 Å². The molecule has 0 radical (unpaired) electrons. The van der Waals surface area contributed by atoms with Gasteiger partial charge in [0.05, 0.1) is 23.8 Å². The third-order valence-corrected chi connectivity index (χ3v) is 8.38. The van der Waals surface area contributed by atoms with Gasteiger partial charge in [-0.2, -0.15) is 0 Å². The van der Waals surface area contributed by atoms with Crippen LogP contribution >= 0.6 is 0 Å². The molecule has 3 aromatic rings. The highest BCUT2D eigenvalue weighted by atomic mass is 16.5. The van der Waals surface area contributed by atoms with E-state index in [4.69, 9.17) is 16.3 Å². The number of carbonyl (C=O) groups excluding carboxylic acids is 1. The second-order valence-electron chi connectivity index (χ2n) is 11.8. The Morgan fingerprint density at radius 1 is 1.13 bits per heavy atom. The van der Waals surface area contributed by atoms with Gasteiger partial charge in [-0.1, -0.05) is 37.1 Å². The van der Waals surface area contributed by atoms with Crippen molar-refractivity contribution in [1.82, 2.24) is 15.6 Å². The van der Waals surface area contributed by atoms with Crippen LogP contribution in [0.5, 0.6) is 5.75 Å². The van der Waals surface area contributed by atoms with Gasteiger partial charge in [-0.15, -0.1) is 6.42 Å². The quantitative estimate of drug-likeness (QED) is 0.0570. The van der Waals surface area contributed by atoms with Crippen molar-refractivity contribution < 1.29 is 14.6 Å². The Kier molecular flexibility index (Phi) is 12.4. The summed E-state index contributed by atoms with van der Waals surface area (Å²) in [4.78, 5) is 18.2. The summed E-state index contributed by atoms with van der Waals surface area (Å²) in [6, 6.07) is 14.2. The summed E-state index contributed by atoms with van der Waals surface area (Å²) < 4.78 is 6.13. The number of aromatic nitrogens is 1. The average molecular weight is 619 g/mol. The van der Waals surface area contributed by atoms with E-state index in [9.17, 15) is 4.79 Å². The van der Waals surface area contributed by atoms with Crippen LogP contribution in [0.3, 0.4) is 0 Å². The number of anilines is 1. The minimum Gasteiger partial charge on any atom is -0.464 e. The second-order valence-corrected chi connectivity index (χ2v) is 11.8. The molecule has 4 rings (SSSR count). The van der Waals surface area contributed by atoms with E-state index < -0.39 is 5.41 Å². The third-order valence-electron chi connectivity index (χ3n) is 8.38. The van der Waals surface area contributed by atoms with Crippen molar-refractivity contribution in [3.8, 4) is 18.1 Å². The zero-order chi connectivity index (χ0) is 32.9. The van der Waals surface area contributed by atoms with Gasteiger partial charge in [0.1, 0.15) is 5.75 Å². The van der Waals surface area contributed by atoms with Gasteiger partial charge >= 0.3 is 0 Å². The van der Waals surface area contributed by atoms with Crippen LogP contribution in [0.1, 0.15) is 56.2 Å². The molecule has 7 heteroatoms. The number of nitrogens with zero attached hydrogens (tertiary/aromatic N) is 1. The zero-order valence-electron chi connectivity index (χ0n) is 27.3. The van der Waals surface area contributed by atoms with Crippen molar-refractivity contribution in [3.05, 3.63) is 113 Å². The lowest BCUT2D eigenvalue weighted by Gasteiger charge is -2.21. The number of hydrogen-bond acceptors (Lipinski definition) is 6. The van der Waals surface area contributed by atoms with Gasteiger partial charge in [0.15, 0.2) is 0 Å². The number of rotatable bonds is 17. The monoisotopic (exact) mass is 618 g/mol. The minimum absolute atomic E-state index is 0.119. The molecule has 0 atom stereocenters. The lowest BCUT2D eigenvalue weighted by Crippen LogP contribution is -2.34. The molecule has 7 nitrogen and oxygen atoms in total. The molecule has 1 heterocycles. The third kappa shape index (κ3) is 8.97. The SMILES string of the molecule is C#C\C=C/C(NC(=O)C1(C(=C)Nc2ccc(C)cc2)CC1)=C(C)\C=C\Oc1ccnc2cc(CCCCNCCO)c(CC)cc12. The van der Waals surface area contributed by atoms with Crippen LogP contribution in [0.2, 0.25) is 0 Å². The summed E-state index contributed by atoms with van der Waals surface area (Å²) in [5.41, 5.74) is 6.94. The topological polar surface area (TPSA) is 95.5 Å².